The molecule has 122 valence electrons. The number of hydrogen-bond acceptors (Lipinski definition) is 4. The van der Waals surface area contributed by atoms with E-state index in [1.807, 2.05) is 20.8 Å². The van der Waals surface area contributed by atoms with E-state index < -0.39 is 18.0 Å². The molecule has 1 aromatic rings. The summed E-state index contributed by atoms with van der Waals surface area (Å²) < 4.78 is 10.3. The number of benzene rings is 1. The van der Waals surface area contributed by atoms with Gasteiger partial charge >= 0.3 is 5.97 Å². The number of halogens is 1. The molecule has 0 bridgehead atoms. The molecule has 0 fully saturated rings. The zero-order chi connectivity index (χ0) is 16.9. The maximum atomic E-state index is 12.1. The summed E-state index contributed by atoms with van der Waals surface area (Å²) in [5.41, 5.74) is 0.238. The van der Waals surface area contributed by atoms with Crippen LogP contribution in [0.4, 0.5) is 5.69 Å². The number of rotatable bonds is 5. The molecule has 0 aliphatic rings. The zero-order valence-electron chi connectivity index (χ0n) is 13.5. The molecule has 0 saturated carbocycles. The lowest BCUT2D eigenvalue weighted by molar-refractivity contribution is -0.154. The van der Waals surface area contributed by atoms with Crippen LogP contribution in [-0.4, -0.2) is 25.1 Å². The van der Waals surface area contributed by atoms with Gasteiger partial charge in [-0.05, 0) is 30.5 Å². The normalized spacial score (nSPS) is 12.5. The van der Waals surface area contributed by atoms with Gasteiger partial charge in [0.05, 0.1) is 19.2 Å². The predicted octanol–water partition coefficient (Wildman–Crippen LogP) is 3.66. The van der Waals surface area contributed by atoms with Gasteiger partial charge in [-0.2, -0.15) is 0 Å². The molecule has 1 amide bonds. The van der Waals surface area contributed by atoms with Gasteiger partial charge in [-0.1, -0.05) is 32.4 Å². The fourth-order valence-corrected chi connectivity index (χ4v) is 1.91. The summed E-state index contributed by atoms with van der Waals surface area (Å²) >= 11 is 5.90. The van der Waals surface area contributed by atoms with Crippen LogP contribution in [-0.2, 0) is 14.3 Å². The molecule has 1 aromatic carbocycles. The first kappa shape index (κ1) is 18.3. The minimum atomic E-state index is -0.904. The van der Waals surface area contributed by atoms with Gasteiger partial charge in [0.15, 0.2) is 6.10 Å². The van der Waals surface area contributed by atoms with Crippen molar-refractivity contribution in [2.45, 2.75) is 40.2 Å². The molecule has 5 nitrogen and oxygen atoms in total. The minimum Gasteiger partial charge on any atom is -0.495 e. The minimum absolute atomic E-state index is 0.191. The SMILES string of the molecule is COc1ccc(Cl)cc1NC(=O)[C@H](C)OC(=O)CC(C)(C)C. The van der Waals surface area contributed by atoms with Gasteiger partial charge in [0.25, 0.3) is 5.91 Å². The first-order valence-corrected chi connectivity index (χ1v) is 7.34. The van der Waals surface area contributed by atoms with Crippen LogP contribution in [0, 0.1) is 5.41 Å². The van der Waals surface area contributed by atoms with E-state index in [0.29, 0.717) is 16.5 Å². The molecule has 0 heterocycles. The molecule has 0 unspecified atom stereocenters. The predicted molar refractivity (Wildman–Crippen MR) is 86.3 cm³/mol. The zero-order valence-corrected chi connectivity index (χ0v) is 14.3. The Hall–Kier alpha value is -1.75. The fraction of sp³-hybridized carbons (Fsp3) is 0.500. The largest absolute Gasteiger partial charge is 0.495 e. The van der Waals surface area contributed by atoms with E-state index in [2.05, 4.69) is 5.32 Å². The van der Waals surface area contributed by atoms with Gasteiger partial charge in [-0.15, -0.1) is 0 Å². The lowest BCUT2D eigenvalue weighted by Gasteiger charge is -2.19. The number of amides is 1. The van der Waals surface area contributed by atoms with E-state index in [-0.39, 0.29) is 11.8 Å². The third-order valence-corrected chi connectivity index (χ3v) is 3.01. The van der Waals surface area contributed by atoms with E-state index >= 15 is 0 Å². The highest BCUT2D eigenvalue weighted by molar-refractivity contribution is 6.31. The van der Waals surface area contributed by atoms with Gasteiger partial charge in [0, 0.05) is 5.02 Å². The van der Waals surface area contributed by atoms with E-state index in [4.69, 9.17) is 21.1 Å². The Morgan fingerprint density at radius 3 is 2.50 bits per heavy atom. The Bertz CT molecular complexity index is 552. The van der Waals surface area contributed by atoms with Crippen molar-refractivity contribution in [1.82, 2.24) is 0 Å². The van der Waals surface area contributed by atoms with Gasteiger partial charge in [0.1, 0.15) is 5.75 Å². The summed E-state index contributed by atoms with van der Waals surface area (Å²) in [4.78, 5) is 23.9. The highest BCUT2D eigenvalue weighted by atomic mass is 35.5. The monoisotopic (exact) mass is 327 g/mol. The number of methoxy groups -OCH3 is 1. The quantitative estimate of drug-likeness (QED) is 0.838. The van der Waals surface area contributed by atoms with Gasteiger partial charge in [-0.25, -0.2) is 0 Å². The standard InChI is InChI=1S/C16H22ClNO4/c1-10(22-14(19)9-16(2,3)4)15(20)18-12-8-11(17)6-7-13(12)21-5/h6-8,10H,9H2,1-5H3,(H,18,20)/t10-/m0/s1. The second-order valence-electron chi connectivity index (χ2n) is 6.20. The Labute approximate surface area is 135 Å². The molecular weight excluding hydrogens is 306 g/mol. The molecule has 0 saturated heterocycles. The smallest absolute Gasteiger partial charge is 0.307 e. The highest BCUT2D eigenvalue weighted by Gasteiger charge is 2.23. The molecule has 0 aliphatic carbocycles. The summed E-state index contributed by atoms with van der Waals surface area (Å²) in [6.45, 7) is 7.30. The summed E-state index contributed by atoms with van der Waals surface area (Å²) in [6.07, 6.45) is -0.663. The van der Waals surface area contributed by atoms with Crippen LogP contribution in [0.3, 0.4) is 0 Å². The Kier molecular flexibility index (Phi) is 6.23. The lowest BCUT2D eigenvalue weighted by Crippen LogP contribution is -2.31. The van der Waals surface area contributed by atoms with Crippen molar-refractivity contribution in [2.24, 2.45) is 5.41 Å². The maximum absolute atomic E-state index is 12.1. The first-order chi connectivity index (χ1) is 10.1. The average Bonchev–Trinajstić information content (AvgIpc) is 2.36. The molecular formula is C16H22ClNO4. The highest BCUT2D eigenvalue weighted by Crippen LogP contribution is 2.28. The summed E-state index contributed by atoms with van der Waals surface area (Å²) in [5, 5.41) is 3.11. The second kappa shape index (κ2) is 7.49. The summed E-state index contributed by atoms with van der Waals surface area (Å²) in [5.74, 6) is -0.373. The van der Waals surface area contributed by atoms with E-state index in [9.17, 15) is 9.59 Å². The van der Waals surface area contributed by atoms with Gasteiger partial charge < -0.3 is 14.8 Å². The van der Waals surface area contributed by atoms with Crippen LogP contribution in [0.15, 0.2) is 18.2 Å². The molecule has 0 spiro atoms. The van der Waals surface area contributed by atoms with Crippen LogP contribution >= 0.6 is 11.6 Å². The third-order valence-electron chi connectivity index (χ3n) is 2.77. The van der Waals surface area contributed by atoms with Crippen LogP contribution in [0.25, 0.3) is 0 Å². The number of esters is 1. The second-order valence-corrected chi connectivity index (χ2v) is 6.64. The Balaban J connectivity index is 2.69. The molecule has 6 heteroatoms. The lowest BCUT2D eigenvalue weighted by atomic mass is 9.92. The maximum Gasteiger partial charge on any atom is 0.307 e. The molecule has 0 radical (unpaired) electrons. The molecule has 22 heavy (non-hydrogen) atoms. The van der Waals surface area contributed by atoms with Crippen molar-refractivity contribution < 1.29 is 19.1 Å². The van der Waals surface area contributed by atoms with Crippen LogP contribution in [0.2, 0.25) is 5.02 Å². The number of carbonyl (C=O) groups is 2. The van der Waals surface area contributed by atoms with Crippen molar-refractivity contribution in [3.05, 3.63) is 23.2 Å². The number of anilines is 1. The average molecular weight is 328 g/mol. The topological polar surface area (TPSA) is 64.6 Å². The van der Waals surface area contributed by atoms with Crippen LogP contribution in [0.5, 0.6) is 5.75 Å². The third kappa shape index (κ3) is 5.93. The number of ether oxygens (including phenoxy) is 2. The van der Waals surface area contributed by atoms with Crippen molar-refractivity contribution in [3.8, 4) is 5.75 Å². The number of hydrogen-bond donors (Lipinski definition) is 1. The molecule has 1 atom stereocenters. The van der Waals surface area contributed by atoms with Crippen molar-refractivity contribution in [3.63, 3.8) is 0 Å². The number of carbonyl (C=O) groups excluding carboxylic acids is 2. The Morgan fingerprint density at radius 2 is 1.95 bits per heavy atom. The molecule has 0 aromatic heterocycles. The van der Waals surface area contributed by atoms with Crippen molar-refractivity contribution in [1.29, 1.82) is 0 Å². The van der Waals surface area contributed by atoms with E-state index in [1.165, 1.54) is 14.0 Å². The van der Waals surface area contributed by atoms with E-state index in [1.54, 1.807) is 18.2 Å². The van der Waals surface area contributed by atoms with Crippen LogP contribution in [0.1, 0.15) is 34.1 Å². The van der Waals surface area contributed by atoms with Gasteiger partial charge in [-0.3, -0.25) is 9.59 Å². The molecule has 0 aliphatic heterocycles. The van der Waals surface area contributed by atoms with E-state index in [0.717, 1.165) is 0 Å². The van der Waals surface area contributed by atoms with Crippen LogP contribution < -0.4 is 10.1 Å². The Morgan fingerprint density at radius 1 is 1.32 bits per heavy atom. The molecule has 1 rings (SSSR count). The summed E-state index contributed by atoms with van der Waals surface area (Å²) in [7, 11) is 1.49. The number of nitrogens with one attached hydrogen (secondary N) is 1. The van der Waals surface area contributed by atoms with Crippen molar-refractivity contribution in [2.75, 3.05) is 12.4 Å². The molecule has 1 N–H and O–H groups in total. The van der Waals surface area contributed by atoms with Gasteiger partial charge in [0.2, 0.25) is 0 Å². The fourth-order valence-electron chi connectivity index (χ4n) is 1.74. The van der Waals surface area contributed by atoms with Crippen molar-refractivity contribution >= 4 is 29.2 Å². The first-order valence-electron chi connectivity index (χ1n) is 6.96. The summed E-state index contributed by atoms with van der Waals surface area (Å²) in [6, 6.07) is 4.87.